The maximum absolute atomic E-state index is 13.0. The molecule has 0 saturated carbocycles. The first-order valence-electron chi connectivity index (χ1n) is 11.0. The second kappa shape index (κ2) is 10.9. The number of nitrogens with two attached hydrogens (primary N) is 1. The fraction of sp³-hybridized carbons (Fsp3) is 0.667. The largest absolute Gasteiger partial charge is 0.382 e. The van der Waals surface area contributed by atoms with Crippen LogP contribution < -0.4 is 5.73 Å². The molecular weight excluding hydrogens is 449 g/mol. The summed E-state index contributed by atoms with van der Waals surface area (Å²) >= 11 is 0. The smallest absolute Gasteiger partial charge is 0.331 e. The van der Waals surface area contributed by atoms with Crippen molar-refractivity contribution in [2.24, 2.45) is 0 Å². The van der Waals surface area contributed by atoms with Crippen molar-refractivity contribution in [1.29, 1.82) is 0 Å². The average molecular weight is 481 g/mol. The Labute approximate surface area is 193 Å². The zero-order valence-electron chi connectivity index (χ0n) is 19.3. The van der Waals surface area contributed by atoms with Crippen LogP contribution in [0.15, 0.2) is 12.7 Å². The lowest BCUT2D eigenvalue weighted by Gasteiger charge is -2.28. The SMILES string of the molecule is C#CCOC1C(OP(=O)(O)C(C)CC)C(COC(C)CC)OC1n1cnc2c(N)ncnc21. The lowest BCUT2D eigenvalue weighted by molar-refractivity contribution is -0.0808. The molecule has 33 heavy (non-hydrogen) atoms. The molecule has 3 heterocycles. The van der Waals surface area contributed by atoms with Gasteiger partial charge in [0.25, 0.3) is 0 Å². The minimum atomic E-state index is -3.99. The Balaban J connectivity index is 2.00. The van der Waals surface area contributed by atoms with Crippen LogP contribution in [0, 0.1) is 12.3 Å². The summed E-state index contributed by atoms with van der Waals surface area (Å²) in [6.45, 7) is 7.51. The van der Waals surface area contributed by atoms with E-state index in [0.29, 0.717) is 17.6 Å². The molecule has 0 amide bonds. The lowest BCUT2D eigenvalue weighted by Crippen LogP contribution is -2.39. The van der Waals surface area contributed by atoms with E-state index < -0.39 is 37.8 Å². The molecule has 7 unspecified atom stereocenters. The summed E-state index contributed by atoms with van der Waals surface area (Å²) in [4.78, 5) is 23.2. The van der Waals surface area contributed by atoms with Crippen LogP contribution in [-0.2, 0) is 23.3 Å². The van der Waals surface area contributed by atoms with Crippen LogP contribution in [0.25, 0.3) is 11.2 Å². The molecule has 0 aromatic carbocycles. The Bertz CT molecular complexity index is 1030. The molecule has 1 fully saturated rings. The number of fused-ring (bicyclic) bond motifs is 1. The molecule has 12 heteroatoms. The van der Waals surface area contributed by atoms with E-state index in [2.05, 4.69) is 20.9 Å². The van der Waals surface area contributed by atoms with Gasteiger partial charge in [0.05, 0.1) is 24.7 Å². The molecule has 7 atom stereocenters. The van der Waals surface area contributed by atoms with Gasteiger partial charge < -0.3 is 24.8 Å². The highest BCUT2D eigenvalue weighted by Gasteiger charge is 2.51. The fourth-order valence-electron chi connectivity index (χ4n) is 3.46. The third-order valence-electron chi connectivity index (χ3n) is 5.85. The average Bonchev–Trinajstić information content (AvgIpc) is 3.37. The zero-order chi connectivity index (χ0) is 24.2. The quantitative estimate of drug-likeness (QED) is 0.363. The minimum Gasteiger partial charge on any atom is -0.382 e. The highest BCUT2D eigenvalue weighted by molar-refractivity contribution is 7.53. The Morgan fingerprint density at radius 1 is 1.30 bits per heavy atom. The van der Waals surface area contributed by atoms with Gasteiger partial charge in [-0.1, -0.05) is 26.7 Å². The topological polar surface area (TPSA) is 144 Å². The number of ether oxygens (including phenoxy) is 3. The predicted octanol–water partition coefficient (Wildman–Crippen LogP) is 2.51. The number of terminal acetylenes is 1. The summed E-state index contributed by atoms with van der Waals surface area (Å²) in [6.07, 6.45) is 6.25. The van der Waals surface area contributed by atoms with E-state index in [0.717, 1.165) is 6.42 Å². The molecule has 0 aliphatic carbocycles. The number of rotatable bonds is 11. The van der Waals surface area contributed by atoms with Gasteiger partial charge in [-0.15, -0.1) is 6.42 Å². The van der Waals surface area contributed by atoms with Crippen molar-refractivity contribution in [3.8, 4) is 12.3 Å². The van der Waals surface area contributed by atoms with Gasteiger partial charge in [0.1, 0.15) is 36.8 Å². The first-order valence-corrected chi connectivity index (χ1v) is 12.6. The number of nitrogen functional groups attached to an aromatic ring is 1. The van der Waals surface area contributed by atoms with E-state index in [9.17, 15) is 9.46 Å². The second-order valence-electron chi connectivity index (χ2n) is 8.07. The van der Waals surface area contributed by atoms with Gasteiger partial charge in [-0.25, -0.2) is 15.0 Å². The van der Waals surface area contributed by atoms with Gasteiger partial charge in [0.15, 0.2) is 17.7 Å². The molecule has 1 aliphatic heterocycles. The summed E-state index contributed by atoms with van der Waals surface area (Å²) in [6, 6.07) is 0. The monoisotopic (exact) mass is 481 g/mol. The molecule has 3 N–H and O–H groups in total. The number of imidazole rings is 1. The van der Waals surface area contributed by atoms with Crippen LogP contribution in [0.2, 0.25) is 0 Å². The second-order valence-corrected chi connectivity index (χ2v) is 10.3. The van der Waals surface area contributed by atoms with Gasteiger partial charge in [0.2, 0.25) is 0 Å². The van der Waals surface area contributed by atoms with Crippen LogP contribution in [0.4, 0.5) is 5.82 Å². The molecule has 0 radical (unpaired) electrons. The predicted molar refractivity (Wildman–Crippen MR) is 122 cm³/mol. The number of hydrogen-bond acceptors (Lipinski definition) is 9. The normalized spacial score (nSPS) is 26.7. The van der Waals surface area contributed by atoms with Crippen molar-refractivity contribution in [3.05, 3.63) is 12.7 Å². The van der Waals surface area contributed by atoms with E-state index in [4.69, 9.17) is 30.9 Å². The van der Waals surface area contributed by atoms with Gasteiger partial charge in [-0.3, -0.25) is 13.7 Å². The standard InChI is InChI=1S/C21H32N5O6P/c1-6-9-29-18-17(32-33(27,28)14(5)8-3)15(10-30-13(4)7-2)31-21(18)26-12-25-16-19(22)23-11-24-20(16)26/h1,11-15,17-18,21H,7-10H2,2-5H3,(H,27,28)(H2,22,23,24). The summed E-state index contributed by atoms with van der Waals surface area (Å²) in [5.41, 5.74) is 6.19. The third kappa shape index (κ3) is 5.54. The molecule has 2 aromatic heterocycles. The number of nitrogens with zero attached hydrogens (tertiary/aromatic N) is 4. The maximum Gasteiger partial charge on any atom is 0.331 e. The number of hydrogen-bond donors (Lipinski definition) is 2. The Morgan fingerprint density at radius 2 is 2.06 bits per heavy atom. The molecule has 1 saturated heterocycles. The maximum atomic E-state index is 13.0. The van der Waals surface area contributed by atoms with Gasteiger partial charge >= 0.3 is 7.60 Å². The van der Waals surface area contributed by atoms with Gasteiger partial charge in [-0.2, -0.15) is 0 Å². The van der Waals surface area contributed by atoms with Crippen molar-refractivity contribution in [1.82, 2.24) is 19.5 Å². The third-order valence-corrected chi connectivity index (χ3v) is 7.87. The van der Waals surface area contributed by atoms with Crippen molar-refractivity contribution >= 4 is 24.6 Å². The minimum absolute atomic E-state index is 0.0320. The Hall–Kier alpha value is -2.06. The molecule has 0 spiro atoms. The first kappa shape index (κ1) is 25.6. The summed E-state index contributed by atoms with van der Waals surface area (Å²) in [5.74, 6) is 2.65. The molecule has 2 aromatic rings. The van der Waals surface area contributed by atoms with Crippen molar-refractivity contribution in [3.63, 3.8) is 0 Å². The van der Waals surface area contributed by atoms with Crippen LogP contribution >= 0.6 is 7.60 Å². The zero-order valence-corrected chi connectivity index (χ0v) is 20.2. The highest BCUT2D eigenvalue weighted by atomic mass is 31.2. The molecule has 0 bridgehead atoms. The van der Waals surface area contributed by atoms with E-state index in [1.54, 1.807) is 11.5 Å². The van der Waals surface area contributed by atoms with Gasteiger partial charge in [0, 0.05) is 0 Å². The first-order chi connectivity index (χ1) is 15.7. The van der Waals surface area contributed by atoms with E-state index in [1.807, 2.05) is 20.8 Å². The molecule has 3 rings (SSSR count). The van der Waals surface area contributed by atoms with Crippen LogP contribution in [-0.4, -0.2) is 67.7 Å². The Kier molecular flexibility index (Phi) is 8.45. The summed E-state index contributed by atoms with van der Waals surface area (Å²) in [7, 11) is -3.99. The number of aromatic nitrogens is 4. The fourth-order valence-corrected chi connectivity index (χ4v) is 4.73. The Morgan fingerprint density at radius 3 is 2.73 bits per heavy atom. The molecular formula is C21H32N5O6P. The summed E-state index contributed by atoms with van der Waals surface area (Å²) < 4.78 is 38.5. The molecule has 11 nitrogen and oxygen atoms in total. The van der Waals surface area contributed by atoms with E-state index >= 15 is 0 Å². The van der Waals surface area contributed by atoms with Crippen LogP contribution in [0.1, 0.15) is 46.8 Å². The van der Waals surface area contributed by atoms with Crippen LogP contribution in [0.3, 0.4) is 0 Å². The molecule has 1 aliphatic rings. The van der Waals surface area contributed by atoms with Crippen molar-refractivity contribution < 1.29 is 28.2 Å². The van der Waals surface area contributed by atoms with E-state index in [-0.39, 0.29) is 25.1 Å². The van der Waals surface area contributed by atoms with Crippen molar-refractivity contribution in [2.75, 3.05) is 18.9 Å². The van der Waals surface area contributed by atoms with Gasteiger partial charge in [-0.05, 0) is 19.8 Å². The molecule has 182 valence electrons. The number of anilines is 1. The van der Waals surface area contributed by atoms with Crippen LogP contribution in [0.5, 0.6) is 0 Å². The lowest BCUT2D eigenvalue weighted by atomic mass is 10.1. The van der Waals surface area contributed by atoms with Crippen molar-refractivity contribution in [2.45, 2.75) is 76.8 Å². The van der Waals surface area contributed by atoms with E-state index in [1.165, 1.54) is 12.7 Å². The highest BCUT2D eigenvalue weighted by Crippen LogP contribution is 2.53. The summed E-state index contributed by atoms with van der Waals surface area (Å²) in [5, 5.41) is 0.